The number of aliphatic hydroxyl groups is 1. The molecule has 96 valence electrons. The van der Waals surface area contributed by atoms with Crippen molar-refractivity contribution < 1.29 is 9.84 Å². The second kappa shape index (κ2) is 5.23. The molecule has 1 N–H and O–H groups in total. The fraction of sp³-hybridized carbons (Fsp3) is 0.357. The van der Waals surface area contributed by atoms with Crippen molar-refractivity contribution in [3.63, 3.8) is 0 Å². The molecule has 2 aromatic rings. The van der Waals surface area contributed by atoms with Crippen LogP contribution in [0.5, 0.6) is 5.75 Å². The summed E-state index contributed by atoms with van der Waals surface area (Å²) in [4.78, 5) is 4.08. The number of benzene rings is 1. The van der Waals surface area contributed by atoms with E-state index >= 15 is 0 Å². The number of aromatic nitrogens is 2. The molecule has 0 bridgehead atoms. The lowest BCUT2D eigenvalue weighted by Gasteiger charge is -2.16. The van der Waals surface area contributed by atoms with Gasteiger partial charge in [0.1, 0.15) is 11.9 Å². The van der Waals surface area contributed by atoms with Crippen LogP contribution >= 0.6 is 0 Å². The first-order valence-electron chi connectivity index (χ1n) is 6.00. The molecule has 0 spiro atoms. The molecule has 0 amide bonds. The number of hydrogen-bond donors (Lipinski definition) is 1. The smallest absolute Gasteiger partial charge is 0.125 e. The Kier molecular flexibility index (Phi) is 3.67. The zero-order valence-corrected chi connectivity index (χ0v) is 10.9. The molecular formula is C14H18N2O2. The summed E-state index contributed by atoms with van der Waals surface area (Å²) < 4.78 is 7.23. The molecule has 1 aromatic heterocycles. The molecule has 18 heavy (non-hydrogen) atoms. The zero-order valence-electron chi connectivity index (χ0n) is 10.9. The number of rotatable bonds is 4. The summed E-state index contributed by atoms with van der Waals surface area (Å²) in [6, 6.07) is 5.78. The minimum absolute atomic E-state index is 0.692. The van der Waals surface area contributed by atoms with E-state index in [-0.39, 0.29) is 0 Å². The van der Waals surface area contributed by atoms with E-state index in [1.54, 1.807) is 19.6 Å². The summed E-state index contributed by atoms with van der Waals surface area (Å²) in [5.41, 5.74) is 2.64. The van der Waals surface area contributed by atoms with Crippen molar-refractivity contribution in [2.45, 2.75) is 26.5 Å². The number of hydrogen-bond acceptors (Lipinski definition) is 3. The molecule has 4 heteroatoms. The quantitative estimate of drug-likeness (QED) is 0.900. The van der Waals surface area contributed by atoms with Gasteiger partial charge < -0.3 is 14.4 Å². The van der Waals surface area contributed by atoms with Gasteiger partial charge >= 0.3 is 0 Å². The van der Waals surface area contributed by atoms with Crippen molar-refractivity contribution in [3.8, 4) is 5.75 Å². The average Bonchev–Trinajstić information content (AvgIpc) is 2.86. The van der Waals surface area contributed by atoms with E-state index in [2.05, 4.69) is 4.98 Å². The fourth-order valence-corrected chi connectivity index (χ4v) is 2.05. The number of aliphatic hydroxyl groups excluding tert-OH is 1. The van der Waals surface area contributed by atoms with Crippen LogP contribution in [-0.4, -0.2) is 21.8 Å². The Morgan fingerprint density at radius 2 is 2.22 bits per heavy atom. The molecule has 0 aliphatic rings. The van der Waals surface area contributed by atoms with E-state index in [9.17, 15) is 5.11 Å². The average molecular weight is 246 g/mol. The Balaban J connectivity index is 2.45. The fourth-order valence-electron chi connectivity index (χ4n) is 2.05. The first-order valence-corrected chi connectivity index (χ1v) is 6.00. The first-order chi connectivity index (χ1) is 8.67. The standard InChI is InChI=1S/C14H18N2O2/c1-4-16-9-15-8-12(16)14(17)11-7-10(2)5-6-13(11)18-3/h5-9,14,17H,4H2,1-3H3. The molecule has 0 radical (unpaired) electrons. The highest BCUT2D eigenvalue weighted by Gasteiger charge is 2.18. The van der Waals surface area contributed by atoms with E-state index < -0.39 is 6.10 Å². The van der Waals surface area contributed by atoms with Gasteiger partial charge in [0, 0.05) is 12.1 Å². The lowest BCUT2D eigenvalue weighted by Crippen LogP contribution is -2.08. The van der Waals surface area contributed by atoms with Crippen LogP contribution in [0.3, 0.4) is 0 Å². The molecule has 1 unspecified atom stereocenters. The summed E-state index contributed by atoms with van der Waals surface area (Å²) in [5, 5.41) is 10.5. The van der Waals surface area contributed by atoms with Crippen LogP contribution < -0.4 is 4.74 Å². The molecule has 2 rings (SSSR count). The molecule has 4 nitrogen and oxygen atoms in total. The summed E-state index contributed by atoms with van der Waals surface area (Å²) in [6.07, 6.45) is 2.69. The Bertz CT molecular complexity index is 534. The van der Waals surface area contributed by atoms with Crippen LogP contribution in [0.2, 0.25) is 0 Å². The predicted molar refractivity (Wildman–Crippen MR) is 69.7 cm³/mol. The zero-order chi connectivity index (χ0) is 13.1. The number of nitrogens with zero attached hydrogens (tertiary/aromatic N) is 2. The van der Waals surface area contributed by atoms with Crippen molar-refractivity contribution >= 4 is 0 Å². The van der Waals surface area contributed by atoms with Gasteiger partial charge in [0.2, 0.25) is 0 Å². The summed E-state index contributed by atoms with van der Waals surface area (Å²) >= 11 is 0. The van der Waals surface area contributed by atoms with E-state index in [1.165, 1.54) is 0 Å². The third kappa shape index (κ3) is 2.24. The molecular weight excluding hydrogens is 228 g/mol. The van der Waals surface area contributed by atoms with Crippen molar-refractivity contribution in [1.29, 1.82) is 0 Å². The van der Waals surface area contributed by atoms with E-state index in [4.69, 9.17) is 4.74 Å². The van der Waals surface area contributed by atoms with Crippen molar-refractivity contribution in [2.24, 2.45) is 0 Å². The lowest BCUT2D eigenvalue weighted by atomic mass is 10.0. The van der Waals surface area contributed by atoms with Gasteiger partial charge in [-0.3, -0.25) is 0 Å². The van der Waals surface area contributed by atoms with Crippen LogP contribution in [-0.2, 0) is 6.54 Å². The van der Waals surface area contributed by atoms with E-state index in [0.717, 1.165) is 23.4 Å². The monoisotopic (exact) mass is 246 g/mol. The van der Waals surface area contributed by atoms with E-state index in [0.29, 0.717) is 5.75 Å². The Morgan fingerprint density at radius 1 is 1.44 bits per heavy atom. The second-order valence-electron chi connectivity index (χ2n) is 4.25. The van der Waals surface area contributed by atoms with E-state index in [1.807, 2.05) is 36.6 Å². The highest BCUT2D eigenvalue weighted by atomic mass is 16.5. The Hall–Kier alpha value is -1.81. The molecule has 1 atom stereocenters. The maximum atomic E-state index is 10.5. The van der Waals surface area contributed by atoms with Gasteiger partial charge in [-0.15, -0.1) is 0 Å². The van der Waals surface area contributed by atoms with Gasteiger partial charge in [0.15, 0.2) is 0 Å². The highest BCUT2D eigenvalue weighted by molar-refractivity contribution is 5.41. The molecule has 0 saturated heterocycles. The largest absolute Gasteiger partial charge is 0.496 e. The van der Waals surface area contributed by atoms with Crippen LogP contribution in [0.25, 0.3) is 0 Å². The molecule has 0 aliphatic carbocycles. The molecule has 0 aliphatic heterocycles. The number of aryl methyl sites for hydroxylation is 2. The number of imidazole rings is 1. The Labute approximate surface area is 107 Å². The first kappa shape index (κ1) is 12.6. The van der Waals surface area contributed by atoms with Gasteiger partial charge in [-0.25, -0.2) is 4.98 Å². The van der Waals surface area contributed by atoms with Crippen LogP contribution in [0, 0.1) is 6.92 Å². The van der Waals surface area contributed by atoms with Crippen molar-refractivity contribution in [2.75, 3.05) is 7.11 Å². The van der Waals surface area contributed by atoms with Gasteiger partial charge in [0.25, 0.3) is 0 Å². The Morgan fingerprint density at radius 3 is 2.89 bits per heavy atom. The van der Waals surface area contributed by atoms with Gasteiger partial charge in [-0.2, -0.15) is 0 Å². The van der Waals surface area contributed by atoms with Crippen LogP contribution in [0.1, 0.15) is 29.8 Å². The molecule has 0 saturated carbocycles. The summed E-state index contributed by atoms with van der Waals surface area (Å²) in [5.74, 6) is 0.692. The van der Waals surface area contributed by atoms with Gasteiger partial charge in [-0.05, 0) is 26.0 Å². The topological polar surface area (TPSA) is 47.3 Å². The summed E-state index contributed by atoms with van der Waals surface area (Å²) in [6.45, 7) is 4.79. The summed E-state index contributed by atoms with van der Waals surface area (Å²) in [7, 11) is 1.61. The van der Waals surface area contributed by atoms with Gasteiger partial charge in [0.05, 0.1) is 25.3 Å². The molecule has 1 heterocycles. The number of ether oxygens (including phenoxy) is 1. The highest BCUT2D eigenvalue weighted by Crippen LogP contribution is 2.30. The third-order valence-electron chi connectivity index (χ3n) is 3.05. The normalized spacial score (nSPS) is 12.4. The molecule has 0 fully saturated rings. The maximum absolute atomic E-state index is 10.5. The minimum atomic E-state index is -0.720. The predicted octanol–water partition coefficient (Wildman–Crippen LogP) is 2.30. The van der Waals surface area contributed by atoms with Crippen molar-refractivity contribution in [3.05, 3.63) is 47.5 Å². The third-order valence-corrected chi connectivity index (χ3v) is 3.05. The van der Waals surface area contributed by atoms with Gasteiger partial charge in [-0.1, -0.05) is 11.6 Å². The maximum Gasteiger partial charge on any atom is 0.125 e. The van der Waals surface area contributed by atoms with Crippen LogP contribution in [0.4, 0.5) is 0 Å². The van der Waals surface area contributed by atoms with Crippen molar-refractivity contribution in [1.82, 2.24) is 9.55 Å². The lowest BCUT2D eigenvalue weighted by molar-refractivity contribution is 0.205. The minimum Gasteiger partial charge on any atom is -0.496 e. The SMILES string of the molecule is CCn1cncc1C(O)c1cc(C)ccc1OC. The second-order valence-corrected chi connectivity index (χ2v) is 4.25. The molecule has 1 aromatic carbocycles. The van der Waals surface area contributed by atoms with Crippen LogP contribution in [0.15, 0.2) is 30.7 Å². The number of methoxy groups -OCH3 is 1.